The molecule has 0 atom stereocenters. The number of halogens is 2. The van der Waals surface area contributed by atoms with Gasteiger partial charge in [-0.05, 0) is 49.8 Å². The highest BCUT2D eigenvalue weighted by molar-refractivity contribution is 6.35. The van der Waals surface area contributed by atoms with Gasteiger partial charge >= 0.3 is 0 Å². The van der Waals surface area contributed by atoms with Gasteiger partial charge in [-0.2, -0.15) is 0 Å². The minimum Gasteiger partial charge on any atom is -0.322 e. The molecule has 2 rings (SSSR count). The lowest BCUT2D eigenvalue weighted by Gasteiger charge is -2.10. The fraction of sp³-hybridized carbons (Fsp3) is 0.188. The molecule has 0 fully saturated rings. The lowest BCUT2D eigenvalue weighted by atomic mass is 10.0. The number of amides is 1. The molecule has 0 aliphatic rings. The van der Waals surface area contributed by atoms with Crippen molar-refractivity contribution in [1.29, 1.82) is 0 Å². The van der Waals surface area contributed by atoms with Crippen LogP contribution in [0.5, 0.6) is 0 Å². The Morgan fingerprint density at radius 1 is 1.10 bits per heavy atom. The minimum atomic E-state index is -0.167. The van der Waals surface area contributed by atoms with E-state index >= 15 is 0 Å². The molecule has 0 aliphatic heterocycles. The molecular weight excluding hydrogens is 307 g/mol. The van der Waals surface area contributed by atoms with Crippen LogP contribution in [0.1, 0.15) is 15.9 Å². The molecule has 0 aliphatic carbocycles. The Balaban J connectivity index is 2.20. The summed E-state index contributed by atoms with van der Waals surface area (Å²) in [6.45, 7) is 0.813. The van der Waals surface area contributed by atoms with E-state index in [1.807, 2.05) is 31.3 Å². The molecule has 21 heavy (non-hydrogen) atoms. The van der Waals surface area contributed by atoms with E-state index in [4.69, 9.17) is 23.2 Å². The van der Waals surface area contributed by atoms with Gasteiger partial charge in [-0.3, -0.25) is 4.79 Å². The van der Waals surface area contributed by atoms with Crippen molar-refractivity contribution in [2.24, 2.45) is 0 Å². The van der Waals surface area contributed by atoms with Crippen molar-refractivity contribution < 1.29 is 4.79 Å². The average molecular weight is 323 g/mol. The van der Waals surface area contributed by atoms with Gasteiger partial charge in [-0.1, -0.05) is 41.4 Å². The monoisotopic (exact) mass is 322 g/mol. The van der Waals surface area contributed by atoms with Crippen molar-refractivity contribution in [2.45, 2.75) is 6.42 Å². The average Bonchev–Trinajstić information content (AvgIpc) is 2.44. The topological polar surface area (TPSA) is 41.1 Å². The van der Waals surface area contributed by atoms with Gasteiger partial charge in [0, 0.05) is 21.3 Å². The molecule has 0 unspecified atom stereocenters. The van der Waals surface area contributed by atoms with Gasteiger partial charge < -0.3 is 10.6 Å². The van der Waals surface area contributed by atoms with Crippen LogP contribution in [0.25, 0.3) is 0 Å². The largest absolute Gasteiger partial charge is 0.322 e. The van der Waals surface area contributed by atoms with Crippen LogP contribution in [0.3, 0.4) is 0 Å². The van der Waals surface area contributed by atoms with E-state index in [2.05, 4.69) is 10.6 Å². The quantitative estimate of drug-likeness (QED) is 0.873. The van der Waals surface area contributed by atoms with Gasteiger partial charge in [0.05, 0.1) is 0 Å². The van der Waals surface area contributed by atoms with E-state index in [1.54, 1.807) is 18.2 Å². The summed E-state index contributed by atoms with van der Waals surface area (Å²) in [4.78, 5) is 12.4. The van der Waals surface area contributed by atoms with Crippen LogP contribution in [0.2, 0.25) is 10.0 Å². The number of carbonyl (C=O) groups excluding carboxylic acids is 1. The summed E-state index contributed by atoms with van der Waals surface area (Å²) in [5, 5.41) is 6.88. The summed E-state index contributed by atoms with van der Waals surface area (Å²) in [7, 11) is 1.89. The van der Waals surface area contributed by atoms with Gasteiger partial charge in [-0.15, -0.1) is 0 Å². The SMILES string of the molecule is CNCCc1ccccc1C(=O)Nc1cc(Cl)cc(Cl)c1. The molecule has 0 radical (unpaired) electrons. The number of carbonyl (C=O) groups is 1. The normalized spacial score (nSPS) is 10.4. The first kappa shape index (κ1) is 15.8. The van der Waals surface area contributed by atoms with Crippen molar-refractivity contribution in [3.05, 3.63) is 63.6 Å². The highest BCUT2D eigenvalue weighted by atomic mass is 35.5. The zero-order valence-corrected chi connectivity index (χ0v) is 13.1. The Kier molecular flexibility index (Phi) is 5.62. The number of hydrogen-bond donors (Lipinski definition) is 2. The molecule has 2 aromatic carbocycles. The summed E-state index contributed by atoms with van der Waals surface area (Å²) < 4.78 is 0. The summed E-state index contributed by atoms with van der Waals surface area (Å²) >= 11 is 11.9. The number of benzene rings is 2. The van der Waals surface area contributed by atoms with E-state index in [0.29, 0.717) is 21.3 Å². The first-order chi connectivity index (χ1) is 10.1. The third kappa shape index (κ3) is 4.46. The summed E-state index contributed by atoms with van der Waals surface area (Å²) in [5.74, 6) is -0.167. The van der Waals surface area contributed by atoms with Gasteiger partial charge in [0.1, 0.15) is 0 Å². The van der Waals surface area contributed by atoms with Crippen LogP contribution in [0.4, 0.5) is 5.69 Å². The second-order valence-corrected chi connectivity index (χ2v) is 5.50. The predicted molar refractivity (Wildman–Crippen MR) is 88.5 cm³/mol. The van der Waals surface area contributed by atoms with Gasteiger partial charge in [0.15, 0.2) is 0 Å². The van der Waals surface area contributed by atoms with Crippen LogP contribution in [-0.2, 0) is 6.42 Å². The third-order valence-corrected chi connectivity index (χ3v) is 3.46. The number of nitrogens with one attached hydrogen (secondary N) is 2. The van der Waals surface area contributed by atoms with Crippen LogP contribution in [-0.4, -0.2) is 19.5 Å². The highest BCUT2D eigenvalue weighted by Crippen LogP contribution is 2.23. The molecule has 2 N–H and O–H groups in total. The van der Waals surface area contributed by atoms with Crippen LogP contribution >= 0.6 is 23.2 Å². The molecule has 0 saturated carbocycles. The maximum Gasteiger partial charge on any atom is 0.255 e. The molecule has 110 valence electrons. The molecule has 0 saturated heterocycles. The summed E-state index contributed by atoms with van der Waals surface area (Å²) in [6, 6.07) is 12.5. The summed E-state index contributed by atoms with van der Waals surface area (Å²) in [6.07, 6.45) is 0.788. The van der Waals surface area contributed by atoms with E-state index in [9.17, 15) is 4.79 Å². The second-order valence-electron chi connectivity index (χ2n) is 4.62. The molecule has 2 aromatic rings. The first-order valence-corrected chi connectivity index (χ1v) is 7.35. The van der Waals surface area contributed by atoms with E-state index < -0.39 is 0 Å². The standard InChI is InChI=1S/C16H16Cl2N2O/c1-19-7-6-11-4-2-3-5-15(11)16(21)20-14-9-12(17)8-13(18)10-14/h2-5,8-10,19H,6-7H2,1H3,(H,20,21). The van der Waals surface area contributed by atoms with Crippen LogP contribution in [0.15, 0.2) is 42.5 Å². The zero-order valence-electron chi connectivity index (χ0n) is 11.6. The van der Waals surface area contributed by atoms with Crippen molar-refractivity contribution in [3.63, 3.8) is 0 Å². The van der Waals surface area contributed by atoms with Crippen molar-refractivity contribution in [2.75, 3.05) is 18.9 Å². The van der Waals surface area contributed by atoms with E-state index in [-0.39, 0.29) is 5.91 Å². The first-order valence-electron chi connectivity index (χ1n) is 6.60. The lowest BCUT2D eigenvalue weighted by molar-refractivity contribution is 0.102. The van der Waals surface area contributed by atoms with Crippen molar-refractivity contribution >= 4 is 34.8 Å². The minimum absolute atomic E-state index is 0.167. The fourth-order valence-corrected chi connectivity index (χ4v) is 2.57. The molecule has 0 heterocycles. The molecule has 1 amide bonds. The van der Waals surface area contributed by atoms with Gasteiger partial charge in [0.25, 0.3) is 5.91 Å². The predicted octanol–water partition coefficient (Wildman–Crippen LogP) is 4.01. The van der Waals surface area contributed by atoms with Crippen LogP contribution < -0.4 is 10.6 Å². The van der Waals surface area contributed by atoms with Crippen molar-refractivity contribution in [1.82, 2.24) is 5.32 Å². The number of anilines is 1. The third-order valence-electron chi connectivity index (χ3n) is 3.03. The second kappa shape index (κ2) is 7.46. The van der Waals surface area contributed by atoms with Gasteiger partial charge in [-0.25, -0.2) is 0 Å². The number of hydrogen-bond acceptors (Lipinski definition) is 2. The number of likely N-dealkylation sites (N-methyl/N-ethyl adjacent to an activating group) is 1. The maximum absolute atomic E-state index is 12.4. The number of rotatable bonds is 5. The molecule has 5 heteroatoms. The molecular formula is C16H16Cl2N2O. The Hall–Kier alpha value is -1.55. The summed E-state index contributed by atoms with van der Waals surface area (Å²) in [5.41, 5.74) is 2.24. The maximum atomic E-state index is 12.4. The Morgan fingerprint density at radius 2 is 1.76 bits per heavy atom. The molecule has 0 aromatic heterocycles. The van der Waals surface area contributed by atoms with Gasteiger partial charge in [0.2, 0.25) is 0 Å². The smallest absolute Gasteiger partial charge is 0.255 e. The van der Waals surface area contributed by atoms with E-state index in [0.717, 1.165) is 18.5 Å². The Bertz CT molecular complexity index is 624. The molecule has 0 spiro atoms. The Labute approximate surface area is 134 Å². The Morgan fingerprint density at radius 3 is 2.43 bits per heavy atom. The van der Waals surface area contributed by atoms with Crippen molar-refractivity contribution in [3.8, 4) is 0 Å². The lowest BCUT2D eigenvalue weighted by Crippen LogP contribution is -2.17. The molecule has 3 nitrogen and oxygen atoms in total. The molecule has 0 bridgehead atoms. The fourth-order valence-electron chi connectivity index (χ4n) is 2.04. The highest BCUT2D eigenvalue weighted by Gasteiger charge is 2.11. The van der Waals surface area contributed by atoms with E-state index in [1.165, 1.54) is 0 Å². The van der Waals surface area contributed by atoms with Crippen LogP contribution in [0, 0.1) is 0 Å². The zero-order chi connectivity index (χ0) is 15.2.